The molecule has 0 bridgehead atoms. The molecule has 0 aromatic rings. The minimum Gasteiger partial charge on any atom is -0.462 e. The summed E-state index contributed by atoms with van der Waals surface area (Å²) in [5.41, 5.74) is 0. The van der Waals surface area contributed by atoms with Gasteiger partial charge in [0.25, 0.3) is 0 Å². The molecular weight excluding hydrogens is 232 g/mol. The van der Waals surface area contributed by atoms with Gasteiger partial charge in [-0.1, -0.05) is 28.2 Å². The average Bonchev–Trinajstić information content (AvgIpc) is 2.16. The quantitative estimate of drug-likeness (QED) is 0.629. The van der Waals surface area contributed by atoms with Crippen molar-refractivity contribution in [3.05, 3.63) is 0 Å². The molecule has 0 saturated heterocycles. The smallest absolute Gasteiger partial charge is 0.308 e. The second kappa shape index (κ2) is 12.6. The van der Waals surface area contributed by atoms with Crippen molar-refractivity contribution in [2.24, 2.45) is 0 Å². The summed E-state index contributed by atoms with van der Waals surface area (Å²) in [6, 6.07) is 0. The normalized spacial score (nSPS) is 12.7. The van der Waals surface area contributed by atoms with E-state index >= 15 is 0 Å². The molecule has 0 heterocycles. The minimum atomic E-state index is -0.297. The molecule has 0 aliphatic carbocycles. The highest BCUT2D eigenvalue weighted by Crippen LogP contribution is 2.10. The maximum atomic E-state index is 11.5. The summed E-state index contributed by atoms with van der Waals surface area (Å²) in [4.78, 5) is 22.4. The van der Waals surface area contributed by atoms with Crippen LogP contribution in [0.3, 0.4) is 0 Å². The van der Waals surface area contributed by atoms with E-state index in [0.717, 1.165) is 12.8 Å². The molecule has 4 nitrogen and oxygen atoms in total. The van der Waals surface area contributed by atoms with Crippen LogP contribution in [0.2, 0.25) is 0 Å². The number of esters is 1. The fourth-order valence-electron chi connectivity index (χ4n) is 1.40. The largest absolute Gasteiger partial charge is 0.462 e. The van der Waals surface area contributed by atoms with Gasteiger partial charge in [0, 0.05) is 13.5 Å². The Labute approximate surface area is 112 Å². The van der Waals surface area contributed by atoms with Crippen LogP contribution < -0.4 is 0 Å². The van der Waals surface area contributed by atoms with E-state index in [1.807, 2.05) is 6.92 Å². The van der Waals surface area contributed by atoms with E-state index < -0.39 is 0 Å². The van der Waals surface area contributed by atoms with E-state index in [2.05, 4.69) is 0 Å². The van der Waals surface area contributed by atoms with Gasteiger partial charge in [0.1, 0.15) is 11.9 Å². The van der Waals surface area contributed by atoms with Gasteiger partial charge in [-0.15, -0.1) is 0 Å². The molecule has 0 radical (unpaired) electrons. The van der Waals surface area contributed by atoms with Crippen LogP contribution >= 0.6 is 0 Å². The van der Waals surface area contributed by atoms with Crippen LogP contribution in [-0.2, 0) is 19.1 Å². The summed E-state index contributed by atoms with van der Waals surface area (Å²) in [5.74, 6) is -0.250. The van der Waals surface area contributed by atoms with E-state index in [9.17, 15) is 9.59 Å². The number of hydrogen-bond acceptors (Lipinski definition) is 4. The maximum Gasteiger partial charge on any atom is 0.308 e. The van der Waals surface area contributed by atoms with Gasteiger partial charge < -0.3 is 9.47 Å². The van der Waals surface area contributed by atoms with Crippen molar-refractivity contribution < 1.29 is 19.1 Å². The lowest BCUT2D eigenvalue weighted by Gasteiger charge is -2.17. The molecule has 0 N–H and O–H groups in total. The van der Waals surface area contributed by atoms with Crippen LogP contribution in [0.25, 0.3) is 0 Å². The lowest BCUT2D eigenvalue weighted by molar-refractivity contribution is -0.152. The van der Waals surface area contributed by atoms with E-state index in [1.165, 1.54) is 6.92 Å². The first kappa shape index (κ1) is 22.3. The zero-order valence-electron chi connectivity index (χ0n) is 10.6. The number of carbonyl (C=O) groups is 2. The van der Waals surface area contributed by atoms with Gasteiger partial charge in [-0.25, -0.2) is 0 Å². The van der Waals surface area contributed by atoms with Crippen LogP contribution in [0.15, 0.2) is 0 Å². The molecule has 110 valence electrons. The molecule has 0 fully saturated rings. The molecule has 0 aromatic carbocycles. The molecule has 0 aliphatic rings. The lowest BCUT2D eigenvalue weighted by atomic mass is 10.1. The molecule has 2 atom stereocenters. The van der Waals surface area contributed by atoms with Crippen molar-refractivity contribution in [1.82, 2.24) is 0 Å². The number of ketones is 1. The topological polar surface area (TPSA) is 52.6 Å². The first-order chi connectivity index (χ1) is 7.49. The summed E-state index contributed by atoms with van der Waals surface area (Å²) >= 11 is 0. The van der Waals surface area contributed by atoms with Crippen LogP contribution in [0.4, 0.5) is 0 Å². The first-order valence-corrected chi connectivity index (χ1v) is 5.71. The number of carbonyl (C=O) groups excluding carboxylic acids is 2. The van der Waals surface area contributed by atoms with Crippen LogP contribution in [0.5, 0.6) is 0 Å². The second-order valence-corrected chi connectivity index (χ2v) is 4.06. The van der Waals surface area contributed by atoms with Crippen LogP contribution in [0.1, 0.15) is 61.3 Å². The average molecular weight is 262 g/mol. The highest BCUT2D eigenvalue weighted by Gasteiger charge is 2.17. The monoisotopic (exact) mass is 262 g/mol. The zero-order chi connectivity index (χ0) is 12.6. The maximum absolute atomic E-state index is 11.5. The fourth-order valence-corrected chi connectivity index (χ4v) is 1.40. The Bertz CT molecular complexity index is 226. The summed E-state index contributed by atoms with van der Waals surface area (Å²) in [6.45, 7) is 5.31. The summed E-state index contributed by atoms with van der Waals surface area (Å²) in [5, 5.41) is 0. The summed E-state index contributed by atoms with van der Waals surface area (Å²) < 4.78 is 10.2. The predicted molar refractivity (Wildman–Crippen MR) is 74.6 cm³/mol. The van der Waals surface area contributed by atoms with Crippen molar-refractivity contribution in [1.29, 1.82) is 0 Å². The Kier molecular flexibility index (Phi) is 15.5. The highest BCUT2D eigenvalue weighted by molar-refractivity contribution is 5.77. The Balaban J connectivity index is -0.00000112. The van der Waals surface area contributed by atoms with Crippen molar-refractivity contribution in [2.45, 2.75) is 73.5 Å². The van der Waals surface area contributed by atoms with Gasteiger partial charge in [0.05, 0.1) is 12.5 Å². The van der Waals surface area contributed by atoms with Gasteiger partial charge in [0.15, 0.2) is 0 Å². The molecular formula is C14H30O4. The Hall–Kier alpha value is -0.900. The number of ether oxygens (including phenoxy) is 2. The van der Waals surface area contributed by atoms with Crippen LogP contribution in [-0.4, -0.2) is 31.1 Å². The number of methoxy groups -OCH3 is 1. The molecule has 0 rings (SSSR count). The third-order valence-corrected chi connectivity index (χ3v) is 2.28. The third-order valence-electron chi connectivity index (χ3n) is 2.28. The Morgan fingerprint density at radius 3 is 2.11 bits per heavy atom. The fraction of sp³-hybridized carbons (Fsp3) is 0.857. The van der Waals surface area contributed by atoms with E-state index in [1.54, 1.807) is 14.0 Å². The van der Waals surface area contributed by atoms with Crippen molar-refractivity contribution in [2.75, 3.05) is 7.11 Å². The van der Waals surface area contributed by atoms with Crippen molar-refractivity contribution in [3.8, 4) is 0 Å². The van der Waals surface area contributed by atoms with Crippen molar-refractivity contribution >= 4 is 11.8 Å². The number of hydrogen-bond donors (Lipinski definition) is 0. The predicted octanol–water partition coefficient (Wildman–Crippen LogP) is 3.37. The Morgan fingerprint density at radius 1 is 1.17 bits per heavy atom. The van der Waals surface area contributed by atoms with Gasteiger partial charge >= 0.3 is 5.97 Å². The van der Waals surface area contributed by atoms with E-state index in [4.69, 9.17) is 9.47 Å². The van der Waals surface area contributed by atoms with E-state index in [0.29, 0.717) is 6.42 Å². The van der Waals surface area contributed by atoms with Gasteiger partial charge in [0.2, 0.25) is 0 Å². The van der Waals surface area contributed by atoms with Gasteiger partial charge in [-0.2, -0.15) is 0 Å². The second-order valence-electron chi connectivity index (χ2n) is 4.06. The Morgan fingerprint density at radius 2 is 1.72 bits per heavy atom. The summed E-state index contributed by atoms with van der Waals surface area (Å²) in [6.07, 6.45) is 1.74. The molecule has 0 saturated carbocycles. The standard InChI is InChI=1S/C12H22O4.2CH4/c1-5-6-11(7-9(2)13)16-12(14)8-10(3)15-4;;/h10-11H,5-8H2,1-4H3;2*1H4. The number of rotatable bonds is 8. The lowest BCUT2D eigenvalue weighted by Crippen LogP contribution is -2.23. The molecule has 0 aliphatic heterocycles. The SMILES string of the molecule is C.C.CCCC(CC(C)=O)OC(=O)CC(C)OC. The molecule has 2 unspecified atom stereocenters. The van der Waals surface area contributed by atoms with Crippen molar-refractivity contribution in [3.63, 3.8) is 0 Å². The molecule has 0 amide bonds. The number of Topliss-reactive ketones (excluding diaryl/α,β-unsaturated/α-hetero) is 1. The molecule has 0 spiro atoms. The van der Waals surface area contributed by atoms with Gasteiger partial charge in [-0.3, -0.25) is 9.59 Å². The van der Waals surface area contributed by atoms with Crippen LogP contribution in [0, 0.1) is 0 Å². The molecule has 18 heavy (non-hydrogen) atoms. The first-order valence-electron chi connectivity index (χ1n) is 5.71. The van der Waals surface area contributed by atoms with E-state index in [-0.39, 0.29) is 45.2 Å². The third kappa shape index (κ3) is 11.6. The molecule has 0 aromatic heterocycles. The summed E-state index contributed by atoms with van der Waals surface area (Å²) in [7, 11) is 1.55. The highest BCUT2D eigenvalue weighted by atomic mass is 16.5. The minimum absolute atomic E-state index is 0. The zero-order valence-corrected chi connectivity index (χ0v) is 10.6. The van der Waals surface area contributed by atoms with Gasteiger partial charge in [-0.05, 0) is 20.3 Å². The molecule has 4 heteroatoms.